The van der Waals surface area contributed by atoms with Gasteiger partial charge >= 0.3 is 0 Å². The maximum absolute atomic E-state index is 12.4. The van der Waals surface area contributed by atoms with E-state index in [0.717, 1.165) is 16.9 Å². The van der Waals surface area contributed by atoms with Gasteiger partial charge in [0, 0.05) is 13.1 Å². The fourth-order valence-corrected chi connectivity index (χ4v) is 2.47. The zero-order valence-electron chi connectivity index (χ0n) is 14.9. The molecule has 0 heterocycles. The van der Waals surface area contributed by atoms with E-state index in [4.69, 9.17) is 4.74 Å². The molecule has 0 fully saturated rings. The van der Waals surface area contributed by atoms with E-state index in [2.05, 4.69) is 0 Å². The standard InChI is InChI=1S/C21H25NO3/c1-4-25-19-13-10-17(11-14-19)12-15-20(23)22(3)16(2)21(24)18-8-6-5-7-9-18/h5-16,21,24H,4H2,1-3H3/b15-12+. The number of likely N-dealkylation sites (N-methyl/N-ethyl adjacent to an activating group) is 1. The van der Waals surface area contributed by atoms with Crippen LogP contribution in [-0.2, 0) is 4.79 Å². The van der Waals surface area contributed by atoms with Crippen LogP contribution in [0.4, 0.5) is 0 Å². The summed E-state index contributed by atoms with van der Waals surface area (Å²) in [4.78, 5) is 13.9. The summed E-state index contributed by atoms with van der Waals surface area (Å²) in [6.45, 7) is 4.40. The Balaban J connectivity index is 1.99. The van der Waals surface area contributed by atoms with Crippen LogP contribution in [0.1, 0.15) is 31.1 Å². The Bertz CT molecular complexity index is 695. The summed E-state index contributed by atoms with van der Waals surface area (Å²) < 4.78 is 5.40. The fraction of sp³-hybridized carbons (Fsp3) is 0.286. The number of nitrogens with zero attached hydrogens (tertiary/aromatic N) is 1. The van der Waals surface area contributed by atoms with Crippen molar-refractivity contribution in [2.24, 2.45) is 0 Å². The molecule has 4 nitrogen and oxygen atoms in total. The molecule has 0 aliphatic carbocycles. The molecule has 1 amide bonds. The van der Waals surface area contributed by atoms with Crippen LogP contribution in [0.5, 0.6) is 5.75 Å². The summed E-state index contributed by atoms with van der Waals surface area (Å²) in [5, 5.41) is 10.4. The molecule has 0 spiro atoms. The minimum atomic E-state index is -0.728. The summed E-state index contributed by atoms with van der Waals surface area (Å²) in [6.07, 6.45) is 2.55. The number of benzene rings is 2. The van der Waals surface area contributed by atoms with Crippen molar-refractivity contribution in [1.82, 2.24) is 4.90 Å². The lowest BCUT2D eigenvalue weighted by atomic mass is 10.0. The lowest BCUT2D eigenvalue weighted by Crippen LogP contribution is -2.38. The second-order valence-corrected chi connectivity index (χ2v) is 5.88. The van der Waals surface area contributed by atoms with Crippen molar-refractivity contribution in [3.05, 3.63) is 71.8 Å². The third-order valence-corrected chi connectivity index (χ3v) is 4.17. The van der Waals surface area contributed by atoms with Gasteiger partial charge < -0.3 is 14.7 Å². The summed E-state index contributed by atoms with van der Waals surface area (Å²) in [7, 11) is 1.70. The van der Waals surface area contributed by atoms with Crippen LogP contribution in [0.15, 0.2) is 60.7 Å². The number of aliphatic hydroxyl groups is 1. The van der Waals surface area contributed by atoms with Crippen LogP contribution >= 0.6 is 0 Å². The predicted molar refractivity (Wildman–Crippen MR) is 100 cm³/mol. The monoisotopic (exact) mass is 339 g/mol. The van der Waals surface area contributed by atoms with Gasteiger partial charge in [0.25, 0.3) is 0 Å². The Hall–Kier alpha value is -2.59. The minimum absolute atomic E-state index is 0.156. The Kier molecular flexibility index (Phi) is 6.78. The molecular formula is C21H25NO3. The van der Waals surface area contributed by atoms with Crippen molar-refractivity contribution in [1.29, 1.82) is 0 Å². The molecule has 1 N–H and O–H groups in total. The minimum Gasteiger partial charge on any atom is -0.494 e. The van der Waals surface area contributed by atoms with E-state index < -0.39 is 6.10 Å². The van der Waals surface area contributed by atoms with Crippen LogP contribution in [-0.4, -0.2) is 35.6 Å². The highest BCUT2D eigenvalue weighted by Crippen LogP contribution is 2.20. The summed E-state index contributed by atoms with van der Waals surface area (Å²) in [5.74, 6) is 0.652. The Morgan fingerprint density at radius 3 is 2.40 bits per heavy atom. The average Bonchev–Trinajstić information content (AvgIpc) is 2.66. The third kappa shape index (κ3) is 5.19. The van der Waals surface area contributed by atoms with Crippen LogP contribution < -0.4 is 4.74 Å². The topological polar surface area (TPSA) is 49.8 Å². The van der Waals surface area contributed by atoms with E-state index >= 15 is 0 Å². The molecule has 0 saturated carbocycles. The number of ether oxygens (including phenoxy) is 1. The molecule has 0 aliphatic rings. The number of carbonyl (C=O) groups excluding carboxylic acids is 1. The molecule has 132 valence electrons. The number of hydrogen-bond donors (Lipinski definition) is 1. The van der Waals surface area contributed by atoms with Crippen LogP contribution in [0.25, 0.3) is 6.08 Å². The highest BCUT2D eigenvalue weighted by atomic mass is 16.5. The van der Waals surface area contributed by atoms with E-state index in [0.29, 0.717) is 6.61 Å². The number of rotatable bonds is 7. The molecular weight excluding hydrogens is 314 g/mol. The summed E-state index contributed by atoms with van der Waals surface area (Å²) in [6, 6.07) is 16.6. The van der Waals surface area contributed by atoms with E-state index in [1.54, 1.807) is 18.0 Å². The van der Waals surface area contributed by atoms with Gasteiger partial charge in [0.2, 0.25) is 5.91 Å². The number of aliphatic hydroxyl groups excluding tert-OH is 1. The Labute approximate surface area is 149 Å². The second kappa shape index (κ2) is 9.04. The van der Waals surface area contributed by atoms with Gasteiger partial charge in [0.05, 0.1) is 18.8 Å². The first-order valence-electron chi connectivity index (χ1n) is 8.43. The van der Waals surface area contributed by atoms with E-state index in [9.17, 15) is 9.90 Å². The number of hydrogen-bond acceptors (Lipinski definition) is 3. The van der Waals surface area contributed by atoms with Gasteiger partial charge in [0.1, 0.15) is 5.75 Å². The van der Waals surface area contributed by atoms with Crippen molar-refractivity contribution in [3.8, 4) is 5.75 Å². The molecule has 0 bridgehead atoms. The zero-order chi connectivity index (χ0) is 18.2. The van der Waals surface area contributed by atoms with Crippen molar-refractivity contribution in [2.75, 3.05) is 13.7 Å². The van der Waals surface area contributed by atoms with E-state index in [1.807, 2.05) is 68.4 Å². The predicted octanol–water partition coefficient (Wildman–Crippen LogP) is 3.68. The fourth-order valence-electron chi connectivity index (χ4n) is 2.47. The van der Waals surface area contributed by atoms with Gasteiger partial charge in [-0.3, -0.25) is 4.79 Å². The highest BCUT2D eigenvalue weighted by Gasteiger charge is 2.22. The Morgan fingerprint density at radius 2 is 1.80 bits per heavy atom. The SMILES string of the molecule is CCOc1ccc(/C=C/C(=O)N(C)C(C)C(O)c2ccccc2)cc1. The molecule has 0 aromatic heterocycles. The molecule has 2 atom stereocenters. The van der Waals surface area contributed by atoms with Crippen molar-refractivity contribution < 1.29 is 14.6 Å². The van der Waals surface area contributed by atoms with Gasteiger partial charge in [-0.1, -0.05) is 42.5 Å². The summed E-state index contributed by atoms with van der Waals surface area (Å²) in [5.41, 5.74) is 1.71. The normalized spacial score (nSPS) is 13.4. The first-order valence-corrected chi connectivity index (χ1v) is 8.43. The molecule has 2 aromatic rings. The van der Waals surface area contributed by atoms with E-state index in [1.165, 1.54) is 6.08 Å². The quantitative estimate of drug-likeness (QED) is 0.783. The van der Waals surface area contributed by atoms with Gasteiger partial charge in [-0.15, -0.1) is 0 Å². The van der Waals surface area contributed by atoms with Crippen molar-refractivity contribution in [2.45, 2.75) is 26.0 Å². The maximum Gasteiger partial charge on any atom is 0.246 e. The highest BCUT2D eigenvalue weighted by molar-refractivity contribution is 5.91. The van der Waals surface area contributed by atoms with Gasteiger partial charge in [-0.05, 0) is 43.2 Å². The first-order chi connectivity index (χ1) is 12.0. The first kappa shape index (κ1) is 18.7. The van der Waals surface area contributed by atoms with Crippen LogP contribution in [0, 0.1) is 0 Å². The number of carbonyl (C=O) groups is 1. The van der Waals surface area contributed by atoms with Gasteiger partial charge in [0.15, 0.2) is 0 Å². The van der Waals surface area contributed by atoms with Crippen LogP contribution in [0.3, 0.4) is 0 Å². The number of amides is 1. The molecule has 2 rings (SSSR count). The molecule has 25 heavy (non-hydrogen) atoms. The summed E-state index contributed by atoms with van der Waals surface area (Å²) >= 11 is 0. The lowest BCUT2D eigenvalue weighted by molar-refractivity contribution is -0.128. The molecule has 0 saturated heterocycles. The van der Waals surface area contributed by atoms with Crippen molar-refractivity contribution in [3.63, 3.8) is 0 Å². The zero-order valence-corrected chi connectivity index (χ0v) is 14.9. The van der Waals surface area contributed by atoms with Gasteiger partial charge in [-0.25, -0.2) is 0 Å². The molecule has 0 radical (unpaired) electrons. The molecule has 0 aliphatic heterocycles. The molecule has 4 heteroatoms. The average molecular weight is 339 g/mol. The second-order valence-electron chi connectivity index (χ2n) is 5.88. The lowest BCUT2D eigenvalue weighted by Gasteiger charge is -2.28. The maximum atomic E-state index is 12.4. The Morgan fingerprint density at radius 1 is 1.16 bits per heavy atom. The third-order valence-electron chi connectivity index (χ3n) is 4.17. The van der Waals surface area contributed by atoms with Gasteiger partial charge in [-0.2, -0.15) is 0 Å². The van der Waals surface area contributed by atoms with E-state index in [-0.39, 0.29) is 11.9 Å². The molecule has 2 unspecified atom stereocenters. The largest absolute Gasteiger partial charge is 0.494 e. The smallest absolute Gasteiger partial charge is 0.246 e. The van der Waals surface area contributed by atoms with Crippen LogP contribution in [0.2, 0.25) is 0 Å². The van der Waals surface area contributed by atoms with Crippen molar-refractivity contribution >= 4 is 12.0 Å². The molecule has 2 aromatic carbocycles.